The lowest BCUT2D eigenvalue weighted by Crippen LogP contribution is -2.32. The molecule has 1 rings (SSSR count). The topological polar surface area (TPSA) is 75.4 Å². The van der Waals surface area contributed by atoms with Gasteiger partial charge in [-0.25, -0.2) is 0 Å². The van der Waals surface area contributed by atoms with Crippen LogP contribution in [0.5, 0.6) is 0 Å². The number of aliphatic hydroxyl groups is 1. The normalized spacial score (nSPS) is 13.3. The van der Waals surface area contributed by atoms with E-state index in [4.69, 9.17) is 0 Å². The first-order valence-electron chi connectivity index (χ1n) is 9.73. The third-order valence-corrected chi connectivity index (χ3v) is 5.42. The van der Waals surface area contributed by atoms with E-state index >= 15 is 0 Å². The lowest BCUT2D eigenvalue weighted by Gasteiger charge is -2.21. The van der Waals surface area contributed by atoms with Crippen LogP contribution in [0.2, 0.25) is 0 Å². The van der Waals surface area contributed by atoms with Gasteiger partial charge in [0.05, 0.1) is 15.9 Å². The molecule has 0 aliphatic carbocycles. The summed E-state index contributed by atoms with van der Waals surface area (Å²) in [4.78, 5) is 11.6. The Balaban J connectivity index is 0.00000676. The quantitative estimate of drug-likeness (QED) is 0.181. The van der Waals surface area contributed by atoms with E-state index in [1.165, 1.54) is 49.9 Å². The van der Waals surface area contributed by atoms with E-state index in [2.05, 4.69) is 12.2 Å². The summed E-state index contributed by atoms with van der Waals surface area (Å²) in [6, 6.07) is 4.92. The highest BCUT2D eigenvalue weighted by atomic mass is 35.5. The van der Waals surface area contributed by atoms with E-state index < -0.39 is 6.10 Å². The van der Waals surface area contributed by atoms with Crippen molar-refractivity contribution in [3.8, 4) is 0 Å². The molecule has 2 N–H and O–H groups in total. The number of hydrogen-bond acceptors (Lipinski definition) is 5. The number of nitro benzene ring substituents is 1. The zero-order valence-electron chi connectivity index (χ0n) is 16.9. The van der Waals surface area contributed by atoms with Gasteiger partial charge in [-0.2, -0.15) is 0 Å². The van der Waals surface area contributed by atoms with Crippen molar-refractivity contribution >= 4 is 29.9 Å². The molecule has 0 heterocycles. The summed E-state index contributed by atoms with van der Waals surface area (Å²) >= 11 is 1.47. The van der Waals surface area contributed by atoms with Crippen molar-refractivity contribution < 1.29 is 10.0 Å². The SMILES string of the molecule is CCCCCCCCNC(C)C(O)c1ccc(SC(C)C)c([N+](=O)[O-])c1.Cl. The molecule has 27 heavy (non-hydrogen) atoms. The van der Waals surface area contributed by atoms with Gasteiger partial charge in [0.1, 0.15) is 0 Å². The number of aliphatic hydroxyl groups excluding tert-OH is 1. The number of rotatable bonds is 13. The number of halogens is 1. The van der Waals surface area contributed by atoms with E-state index in [0.29, 0.717) is 10.5 Å². The van der Waals surface area contributed by atoms with Crippen LogP contribution in [0.4, 0.5) is 5.69 Å². The van der Waals surface area contributed by atoms with Crippen LogP contribution in [0.1, 0.15) is 77.9 Å². The number of nitro groups is 1. The minimum absolute atomic E-state index is 0. The van der Waals surface area contributed by atoms with Crippen molar-refractivity contribution in [2.24, 2.45) is 0 Å². The summed E-state index contributed by atoms with van der Waals surface area (Å²) in [6.45, 7) is 9.00. The highest BCUT2D eigenvalue weighted by molar-refractivity contribution is 8.00. The molecule has 0 fully saturated rings. The first kappa shape index (κ1) is 26.2. The van der Waals surface area contributed by atoms with Crippen LogP contribution < -0.4 is 5.32 Å². The van der Waals surface area contributed by atoms with Gasteiger partial charge >= 0.3 is 0 Å². The van der Waals surface area contributed by atoms with Crippen LogP contribution in [-0.4, -0.2) is 27.9 Å². The van der Waals surface area contributed by atoms with Crippen LogP contribution in [0.15, 0.2) is 23.1 Å². The van der Waals surface area contributed by atoms with E-state index in [0.717, 1.165) is 13.0 Å². The van der Waals surface area contributed by atoms with Crippen LogP contribution in [-0.2, 0) is 0 Å². The minimum atomic E-state index is -0.758. The van der Waals surface area contributed by atoms with E-state index in [1.54, 1.807) is 12.1 Å². The molecule has 1 aromatic carbocycles. The Morgan fingerprint density at radius 2 is 1.78 bits per heavy atom. The first-order chi connectivity index (χ1) is 12.4. The Bertz CT molecular complexity index is 558. The maximum atomic E-state index is 11.4. The van der Waals surface area contributed by atoms with Crippen LogP contribution in [0.3, 0.4) is 0 Å². The molecule has 1 aromatic rings. The summed E-state index contributed by atoms with van der Waals surface area (Å²) in [6.07, 6.45) is 6.63. The van der Waals surface area contributed by atoms with Crippen molar-refractivity contribution in [2.45, 2.75) is 88.5 Å². The van der Waals surface area contributed by atoms with Crippen molar-refractivity contribution in [1.82, 2.24) is 5.32 Å². The van der Waals surface area contributed by atoms with Crippen molar-refractivity contribution in [3.05, 3.63) is 33.9 Å². The second kappa shape index (κ2) is 14.2. The second-order valence-electron chi connectivity index (χ2n) is 7.11. The third-order valence-electron chi connectivity index (χ3n) is 4.35. The Morgan fingerprint density at radius 3 is 2.37 bits per heavy atom. The summed E-state index contributed by atoms with van der Waals surface area (Å²) < 4.78 is 0. The van der Waals surface area contributed by atoms with Gasteiger partial charge in [-0.3, -0.25) is 10.1 Å². The molecule has 7 heteroatoms. The first-order valence-corrected chi connectivity index (χ1v) is 10.6. The van der Waals surface area contributed by atoms with Gasteiger partial charge in [-0.1, -0.05) is 58.9 Å². The molecule has 0 aliphatic heterocycles. The van der Waals surface area contributed by atoms with Gasteiger partial charge in [-0.05, 0) is 31.5 Å². The van der Waals surface area contributed by atoms with Gasteiger partial charge in [0, 0.05) is 17.4 Å². The predicted molar refractivity (Wildman–Crippen MR) is 117 cm³/mol. The fourth-order valence-electron chi connectivity index (χ4n) is 2.85. The summed E-state index contributed by atoms with van der Waals surface area (Å²) in [5.74, 6) is 0. The molecule has 0 radical (unpaired) electrons. The third kappa shape index (κ3) is 9.79. The minimum Gasteiger partial charge on any atom is -0.387 e. The summed E-state index contributed by atoms with van der Waals surface area (Å²) in [7, 11) is 0. The number of unbranched alkanes of at least 4 members (excludes halogenated alkanes) is 5. The molecule has 0 bridgehead atoms. The maximum Gasteiger partial charge on any atom is 0.283 e. The summed E-state index contributed by atoms with van der Waals surface area (Å²) in [5.41, 5.74) is 0.663. The molecular weight excluding hydrogens is 384 g/mol. The monoisotopic (exact) mass is 418 g/mol. The molecule has 5 nitrogen and oxygen atoms in total. The van der Waals surface area contributed by atoms with Crippen molar-refractivity contribution in [2.75, 3.05) is 6.54 Å². The Morgan fingerprint density at radius 1 is 1.15 bits per heavy atom. The molecule has 0 saturated carbocycles. The smallest absolute Gasteiger partial charge is 0.283 e. The van der Waals surface area contributed by atoms with Gasteiger partial charge < -0.3 is 10.4 Å². The van der Waals surface area contributed by atoms with Crippen molar-refractivity contribution in [3.63, 3.8) is 0 Å². The molecule has 0 aromatic heterocycles. The Labute approximate surface area is 174 Å². The van der Waals surface area contributed by atoms with E-state index in [9.17, 15) is 15.2 Å². The molecule has 2 unspecified atom stereocenters. The van der Waals surface area contributed by atoms with Gasteiger partial charge in [0.2, 0.25) is 0 Å². The average molecular weight is 419 g/mol. The molecular formula is C20H35ClN2O3S. The Hall–Kier alpha value is -0.820. The van der Waals surface area contributed by atoms with Crippen LogP contribution >= 0.6 is 24.2 Å². The zero-order valence-corrected chi connectivity index (χ0v) is 18.6. The lowest BCUT2D eigenvalue weighted by atomic mass is 10.0. The van der Waals surface area contributed by atoms with Gasteiger partial charge in [0.15, 0.2) is 0 Å². The van der Waals surface area contributed by atoms with Crippen LogP contribution in [0, 0.1) is 10.1 Å². The van der Waals surface area contributed by atoms with Gasteiger partial charge in [-0.15, -0.1) is 24.2 Å². The molecule has 0 saturated heterocycles. The average Bonchev–Trinajstić information content (AvgIpc) is 2.59. The van der Waals surface area contributed by atoms with E-state index in [-0.39, 0.29) is 34.3 Å². The highest BCUT2D eigenvalue weighted by Gasteiger charge is 2.22. The number of nitrogens with one attached hydrogen (secondary N) is 1. The largest absolute Gasteiger partial charge is 0.387 e. The Kier molecular flexibility index (Phi) is 13.8. The summed E-state index contributed by atoms with van der Waals surface area (Å²) in [5, 5.41) is 25.5. The fourth-order valence-corrected chi connectivity index (χ4v) is 3.76. The molecule has 156 valence electrons. The molecule has 0 amide bonds. The molecule has 0 aliphatic rings. The van der Waals surface area contributed by atoms with Crippen molar-refractivity contribution in [1.29, 1.82) is 0 Å². The number of benzene rings is 1. The standard InChI is InChI=1S/C20H34N2O3S.ClH/c1-5-6-7-8-9-10-13-21-16(4)20(23)17-11-12-19(26-15(2)3)18(14-17)22(24)25;/h11-12,14-16,20-21,23H,5-10,13H2,1-4H3;1H. The predicted octanol–water partition coefficient (Wildman–Crippen LogP) is 5.89. The maximum absolute atomic E-state index is 11.4. The molecule has 2 atom stereocenters. The van der Waals surface area contributed by atoms with E-state index in [1.807, 2.05) is 20.8 Å². The number of thioether (sulfide) groups is 1. The lowest BCUT2D eigenvalue weighted by molar-refractivity contribution is -0.387. The zero-order chi connectivity index (χ0) is 19.5. The molecule has 0 spiro atoms. The van der Waals surface area contributed by atoms with Gasteiger partial charge in [0.25, 0.3) is 5.69 Å². The van der Waals surface area contributed by atoms with Crippen LogP contribution in [0.25, 0.3) is 0 Å². The number of hydrogen-bond donors (Lipinski definition) is 2. The highest BCUT2D eigenvalue weighted by Crippen LogP contribution is 2.34. The second-order valence-corrected chi connectivity index (χ2v) is 8.72. The fraction of sp³-hybridized carbons (Fsp3) is 0.700. The number of nitrogens with zero attached hydrogens (tertiary/aromatic N) is 1.